The van der Waals surface area contributed by atoms with Crippen molar-refractivity contribution in [2.45, 2.75) is 0 Å². The molecule has 294 valence electrons. The van der Waals surface area contributed by atoms with Crippen LogP contribution < -0.4 is 0 Å². The van der Waals surface area contributed by atoms with Gasteiger partial charge in [-0.3, -0.25) is 14.0 Å². The average Bonchev–Trinajstić information content (AvgIpc) is 4.12. The van der Waals surface area contributed by atoms with Gasteiger partial charge in [0.1, 0.15) is 0 Å². The Morgan fingerprint density at radius 2 is 0.623 bits per heavy atom. The largest absolute Gasteiger partial charge is 3.00 e. The molecule has 0 saturated carbocycles. The Bertz CT molecular complexity index is 2790. The minimum atomic E-state index is 0. The van der Waals surface area contributed by atoms with Crippen LogP contribution in [0.25, 0.3) is 83.8 Å². The molecule has 0 bridgehead atoms. The van der Waals surface area contributed by atoms with Crippen molar-refractivity contribution in [2.75, 3.05) is 0 Å². The normalized spacial score (nSPS) is 11.1. The molecule has 10 aromatic rings. The zero-order chi connectivity index (χ0) is 40.6. The molecule has 0 unspecified atom stereocenters. The van der Waals surface area contributed by atoms with Gasteiger partial charge in [-0.15, -0.1) is 34.9 Å². The first-order valence-electron chi connectivity index (χ1n) is 19.1. The van der Waals surface area contributed by atoms with E-state index in [0.717, 1.165) is 97.2 Å². The van der Waals surface area contributed by atoms with E-state index in [4.69, 9.17) is 0 Å². The SMILES string of the molecule is Brc1cc(-n2cccn2)[c-]cc1-c1ccccc1-c1cc(-c2ccccc2-c2c[c-]c(-n3cccn3)cc2Br)cc(-c2ccccc2-c2c[c-]c(-n3cccn3)cc2Br)c1.[Ir+3]. The van der Waals surface area contributed by atoms with Gasteiger partial charge in [0.15, 0.2) is 0 Å². The van der Waals surface area contributed by atoms with Crippen LogP contribution in [0.15, 0.2) is 196 Å². The van der Waals surface area contributed by atoms with Gasteiger partial charge in [0.2, 0.25) is 0 Å². The molecule has 0 fully saturated rings. The average molecular weight is 1160 g/mol. The fourth-order valence-electron chi connectivity index (χ4n) is 7.62. The van der Waals surface area contributed by atoms with Crippen molar-refractivity contribution in [3.63, 3.8) is 0 Å². The summed E-state index contributed by atoms with van der Waals surface area (Å²) >= 11 is 11.7. The van der Waals surface area contributed by atoms with Crippen molar-refractivity contribution in [2.24, 2.45) is 0 Å². The van der Waals surface area contributed by atoms with E-state index in [9.17, 15) is 0 Å². The van der Waals surface area contributed by atoms with Crippen LogP contribution in [0.1, 0.15) is 0 Å². The summed E-state index contributed by atoms with van der Waals surface area (Å²) in [6.45, 7) is 0. The van der Waals surface area contributed by atoms with Gasteiger partial charge < -0.3 is 0 Å². The van der Waals surface area contributed by atoms with Crippen LogP contribution in [0.5, 0.6) is 0 Å². The quantitative estimate of drug-likeness (QED) is 0.135. The van der Waals surface area contributed by atoms with Gasteiger partial charge in [-0.2, -0.15) is 51.7 Å². The number of rotatable bonds is 9. The van der Waals surface area contributed by atoms with Gasteiger partial charge in [-0.25, -0.2) is 0 Å². The van der Waals surface area contributed by atoms with Gasteiger partial charge in [-0.1, -0.05) is 151 Å². The Balaban J connectivity index is 0.00000476. The van der Waals surface area contributed by atoms with Gasteiger partial charge in [0.25, 0.3) is 0 Å². The van der Waals surface area contributed by atoms with Crippen LogP contribution in [-0.2, 0) is 20.1 Å². The van der Waals surface area contributed by atoms with Crippen LogP contribution in [0.4, 0.5) is 0 Å². The van der Waals surface area contributed by atoms with Crippen LogP contribution >= 0.6 is 47.8 Å². The summed E-state index contributed by atoms with van der Waals surface area (Å²) in [6.07, 6.45) is 11.1. The van der Waals surface area contributed by atoms with E-state index in [0.29, 0.717) is 0 Å². The predicted octanol–water partition coefficient (Wildman–Crippen LogP) is 13.9. The third kappa shape index (κ3) is 8.10. The fraction of sp³-hybridized carbons (Fsp3) is 0. The number of aromatic nitrogens is 6. The Hall–Kier alpha value is -5.74. The molecule has 0 atom stereocenters. The summed E-state index contributed by atoms with van der Waals surface area (Å²) in [6, 6.07) is 61.0. The van der Waals surface area contributed by atoms with Crippen LogP contribution in [0.3, 0.4) is 0 Å². The molecule has 6 nitrogen and oxygen atoms in total. The molecule has 0 radical (unpaired) electrons. The first-order valence-corrected chi connectivity index (χ1v) is 21.4. The molecule has 0 spiro atoms. The van der Waals surface area contributed by atoms with Crippen LogP contribution in [-0.4, -0.2) is 29.3 Å². The Labute approximate surface area is 392 Å². The summed E-state index contributed by atoms with van der Waals surface area (Å²) in [5, 5.41) is 13.3. The van der Waals surface area contributed by atoms with Gasteiger partial charge in [0, 0.05) is 37.2 Å². The smallest absolute Gasteiger partial charge is 0.266 e. The van der Waals surface area contributed by atoms with Crippen molar-refractivity contribution in [3.05, 3.63) is 214 Å². The summed E-state index contributed by atoms with van der Waals surface area (Å²) < 4.78 is 8.29. The first-order chi connectivity index (χ1) is 29.5. The first kappa shape index (κ1) is 40.7. The maximum atomic E-state index is 4.42. The molecule has 0 saturated heterocycles. The minimum absolute atomic E-state index is 0. The second kappa shape index (κ2) is 17.7. The topological polar surface area (TPSA) is 53.5 Å². The number of nitrogens with zero attached hydrogens (tertiary/aromatic N) is 6. The zero-order valence-corrected chi connectivity index (χ0v) is 39.1. The number of hydrogen-bond acceptors (Lipinski definition) is 3. The molecule has 0 N–H and O–H groups in total. The van der Waals surface area contributed by atoms with E-state index >= 15 is 0 Å². The molecule has 0 aliphatic heterocycles. The number of hydrogen-bond donors (Lipinski definition) is 0. The molecule has 10 heteroatoms. The third-order valence-electron chi connectivity index (χ3n) is 10.4. The maximum Gasteiger partial charge on any atom is 3.00 e. The Morgan fingerprint density at radius 1 is 0.344 bits per heavy atom. The zero-order valence-electron chi connectivity index (χ0n) is 32.0. The summed E-state index contributed by atoms with van der Waals surface area (Å²) in [5.41, 5.74) is 15.4. The second-order valence-electron chi connectivity index (χ2n) is 14.0. The minimum Gasteiger partial charge on any atom is -0.266 e. The van der Waals surface area contributed by atoms with Crippen molar-refractivity contribution in [3.8, 4) is 83.8 Å². The van der Waals surface area contributed by atoms with E-state index in [1.807, 2.05) is 69.0 Å². The third-order valence-corrected chi connectivity index (χ3v) is 12.4. The number of benzene rings is 7. The van der Waals surface area contributed by atoms with E-state index < -0.39 is 0 Å². The molecule has 0 aliphatic rings. The van der Waals surface area contributed by atoms with Gasteiger partial charge in [0.05, 0.1) is 0 Å². The van der Waals surface area contributed by atoms with Crippen LogP contribution in [0.2, 0.25) is 0 Å². The molecular weight excluding hydrogens is 1130 g/mol. The summed E-state index contributed by atoms with van der Waals surface area (Å²) in [7, 11) is 0. The molecule has 7 aromatic carbocycles. The summed E-state index contributed by atoms with van der Waals surface area (Å²) in [4.78, 5) is 0. The monoisotopic (exact) mass is 1160 g/mol. The molecule has 3 heterocycles. The molecular formula is C51H30Br3IrN6. The maximum absolute atomic E-state index is 4.42. The van der Waals surface area contributed by atoms with Gasteiger partial charge in [-0.05, 0) is 86.8 Å². The van der Waals surface area contributed by atoms with Crippen molar-refractivity contribution >= 4 is 47.8 Å². The molecule has 10 rings (SSSR count). The van der Waals surface area contributed by atoms with Crippen LogP contribution in [0, 0.1) is 18.2 Å². The van der Waals surface area contributed by atoms with Crippen molar-refractivity contribution < 1.29 is 20.1 Å². The Morgan fingerprint density at radius 3 is 0.869 bits per heavy atom. The molecule has 61 heavy (non-hydrogen) atoms. The van der Waals surface area contributed by atoms with Crippen molar-refractivity contribution in [1.29, 1.82) is 0 Å². The molecule has 0 amide bonds. The van der Waals surface area contributed by atoms with Crippen molar-refractivity contribution in [1.82, 2.24) is 29.3 Å². The second-order valence-corrected chi connectivity index (χ2v) is 16.6. The fourth-order valence-corrected chi connectivity index (χ4v) is 9.25. The molecule has 0 aliphatic carbocycles. The predicted molar refractivity (Wildman–Crippen MR) is 250 cm³/mol. The van der Waals surface area contributed by atoms with Gasteiger partial charge >= 0.3 is 20.1 Å². The number of halogens is 3. The van der Waals surface area contributed by atoms with E-state index in [2.05, 4.69) is 190 Å². The summed E-state index contributed by atoms with van der Waals surface area (Å²) in [5.74, 6) is 0. The van der Waals surface area contributed by atoms with E-state index in [1.54, 1.807) is 18.6 Å². The van der Waals surface area contributed by atoms with E-state index in [1.165, 1.54) is 0 Å². The van der Waals surface area contributed by atoms with E-state index in [-0.39, 0.29) is 20.1 Å². The molecule has 3 aromatic heterocycles. The Kier molecular flexibility index (Phi) is 11.8. The standard InChI is InChI=1S/C51H30Br3N6.Ir/c52-49-31-37(58-25-7-22-55-58)16-19-46(49)43-13-4-1-10-40(43)34-28-35(41-11-2-5-14-44(41)47-20-17-38(32-50(47)53)59-26-8-23-56-59)30-36(29-34)42-12-3-6-15-45(42)48-21-18-39(33-51(48)54)60-27-9-24-57-60;/h1-15,19-33H;/q-3;+3.